The highest BCUT2D eigenvalue weighted by atomic mass is 35.5. The first kappa shape index (κ1) is 66.8. The molecule has 0 aliphatic heterocycles. The largest absolute Gasteiger partial charge is 0.309 e. The van der Waals surface area contributed by atoms with Crippen molar-refractivity contribution in [2.75, 3.05) is 9.80 Å². The topological polar surface area (TPSA) is 6.48 Å². The summed E-state index contributed by atoms with van der Waals surface area (Å²) in [7, 11) is 0. The first-order valence-electron chi connectivity index (χ1n) is 38.7. The molecule has 0 aliphatic carbocycles. The number of para-hydroxylation sites is 2. The minimum atomic E-state index is -0.447. The van der Waals surface area contributed by atoms with Crippen LogP contribution < -0.4 is 9.80 Å². The van der Waals surface area contributed by atoms with Crippen molar-refractivity contribution in [3.05, 3.63) is 286 Å². The van der Waals surface area contributed by atoms with E-state index in [-0.39, 0.29) is 61.0 Å². The van der Waals surface area contributed by atoms with E-state index in [1.54, 1.807) is 0 Å². The van der Waals surface area contributed by atoms with Gasteiger partial charge in [0.1, 0.15) is 0 Å². The molecule has 0 fully saturated rings. The highest BCUT2D eigenvalue weighted by molar-refractivity contribution is 6.31. The van der Waals surface area contributed by atoms with E-state index < -0.39 is 18.1 Å². The predicted octanol–water partition coefficient (Wildman–Crippen LogP) is 29.7. The van der Waals surface area contributed by atoms with Crippen LogP contribution in [0.15, 0.2) is 236 Å². The Labute approximate surface area is 621 Å². The van der Waals surface area contributed by atoms with Gasteiger partial charge in [-0.1, -0.05) is 372 Å². The Bertz CT molecular complexity index is 5040. The van der Waals surface area contributed by atoms with Crippen molar-refractivity contribution in [1.82, 2.24) is 0 Å². The standard InChI is InChI=1S/C98H111ClN2/c1-91(2,3)71-46-42-65(43-47-71)83-38-30-40-85(70-54-76(96(16,17)18)59-77(55-70)97(19,20)21)89(83)100(80-37-29-35-68(57-80)69-52-74(94(10,11)12)58-75(53-69)95(13,14)15)81-61-78(99)62-82(63-81)101(79-36-28-34-67(56-79)64-32-26-25-27-33-64)90-84(66-44-48-72(49-45-66)92(4,5)6)39-31-41-87(90)86-51-50-73(93(7,8)9)60-88(86)98(22,23)24/h25-63H,1-24H3/i25D,26D,27D,32D,33D. The van der Waals surface area contributed by atoms with E-state index in [0.717, 1.165) is 84.1 Å². The van der Waals surface area contributed by atoms with Crippen molar-refractivity contribution in [2.24, 2.45) is 0 Å². The molecule has 0 saturated heterocycles. The second-order valence-electron chi connectivity index (χ2n) is 36.4. The Morgan fingerprint density at radius 3 is 0.980 bits per heavy atom. The molecule has 0 spiro atoms. The number of benzene rings is 11. The molecule has 0 aliphatic rings. The second kappa shape index (κ2) is 27.3. The number of hydrogen-bond acceptors (Lipinski definition) is 2. The molecular weight excluding hydrogens is 1240 g/mol. The van der Waals surface area contributed by atoms with Crippen LogP contribution in [-0.4, -0.2) is 0 Å². The van der Waals surface area contributed by atoms with E-state index in [2.05, 4.69) is 364 Å². The van der Waals surface area contributed by atoms with Crippen molar-refractivity contribution in [3.63, 3.8) is 0 Å². The molecule has 0 amide bonds. The van der Waals surface area contributed by atoms with Crippen molar-refractivity contribution in [2.45, 2.75) is 209 Å². The average Bonchev–Trinajstić information content (AvgIpc) is 0.741. The quantitative estimate of drug-likeness (QED) is 0.120. The highest BCUT2D eigenvalue weighted by Crippen LogP contribution is 2.54. The molecule has 11 aromatic carbocycles. The maximum Gasteiger partial charge on any atom is 0.0629 e. The Morgan fingerprint density at radius 1 is 0.238 bits per heavy atom. The fourth-order valence-electron chi connectivity index (χ4n) is 13.6. The number of halogens is 1. The van der Waals surface area contributed by atoms with Gasteiger partial charge in [0.15, 0.2) is 0 Å². The van der Waals surface area contributed by atoms with Gasteiger partial charge in [0.05, 0.1) is 18.2 Å². The molecule has 2 nitrogen and oxygen atoms in total. The first-order valence-corrected chi connectivity index (χ1v) is 36.6. The van der Waals surface area contributed by atoms with E-state index in [9.17, 15) is 2.74 Å². The molecule has 0 N–H and O–H groups in total. The zero-order chi connectivity index (χ0) is 77.7. The van der Waals surface area contributed by atoms with Gasteiger partial charge in [0.2, 0.25) is 0 Å². The molecule has 520 valence electrons. The van der Waals surface area contributed by atoms with E-state index in [1.807, 2.05) is 18.2 Å². The zero-order valence-corrected chi connectivity index (χ0v) is 65.7. The maximum absolute atomic E-state index is 9.46. The van der Waals surface area contributed by atoms with Gasteiger partial charge in [-0.15, -0.1) is 0 Å². The smallest absolute Gasteiger partial charge is 0.0629 e. The van der Waals surface area contributed by atoms with Crippen molar-refractivity contribution < 1.29 is 6.85 Å². The number of hydrogen-bond donors (Lipinski definition) is 0. The van der Waals surface area contributed by atoms with Gasteiger partial charge >= 0.3 is 0 Å². The lowest BCUT2D eigenvalue weighted by molar-refractivity contribution is 0.568. The summed E-state index contributed by atoms with van der Waals surface area (Å²) in [6.45, 7) is 54.8. The number of rotatable bonds is 12. The average molecular weight is 1360 g/mol. The molecule has 3 heteroatoms. The summed E-state index contributed by atoms with van der Waals surface area (Å²) in [5.41, 5.74) is 24.3. The summed E-state index contributed by atoms with van der Waals surface area (Å²) in [5, 5.41) is 0.477. The van der Waals surface area contributed by atoms with Gasteiger partial charge in [-0.3, -0.25) is 0 Å². The summed E-state index contributed by atoms with van der Waals surface area (Å²) < 4.78 is 45.6. The molecule has 0 aromatic heterocycles. The van der Waals surface area contributed by atoms with Crippen LogP contribution in [0.3, 0.4) is 0 Å². The third-order valence-electron chi connectivity index (χ3n) is 20.0. The first-order chi connectivity index (χ1) is 49.1. The fourth-order valence-corrected chi connectivity index (χ4v) is 13.8. The molecule has 0 saturated carbocycles. The minimum Gasteiger partial charge on any atom is -0.309 e. The highest BCUT2D eigenvalue weighted by Gasteiger charge is 2.32. The van der Waals surface area contributed by atoms with Crippen LogP contribution in [0.4, 0.5) is 34.1 Å². The minimum absolute atomic E-state index is 0.0978. The summed E-state index contributed by atoms with van der Waals surface area (Å²) in [6.07, 6.45) is 0. The van der Waals surface area contributed by atoms with Crippen molar-refractivity contribution in [3.8, 4) is 66.8 Å². The Kier molecular flexibility index (Phi) is 18.0. The summed E-state index contributed by atoms with van der Waals surface area (Å²) >= 11 is 8.13. The van der Waals surface area contributed by atoms with Gasteiger partial charge < -0.3 is 9.80 Å². The summed E-state index contributed by atoms with van der Waals surface area (Å²) in [4.78, 5) is 4.75. The van der Waals surface area contributed by atoms with E-state index >= 15 is 0 Å². The summed E-state index contributed by atoms with van der Waals surface area (Å²) in [5.74, 6) is 0. The summed E-state index contributed by atoms with van der Waals surface area (Å²) in [6, 6.07) is 74.3. The van der Waals surface area contributed by atoms with Crippen molar-refractivity contribution >= 4 is 45.7 Å². The monoisotopic (exact) mass is 1360 g/mol. The van der Waals surface area contributed by atoms with Crippen LogP contribution in [0.2, 0.25) is 5.02 Å². The second-order valence-corrected chi connectivity index (χ2v) is 36.8. The van der Waals surface area contributed by atoms with Crippen LogP contribution in [0.1, 0.15) is 218 Å². The number of anilines is 6. The maximum atomic E-state index is 9.46. The van der Waals surface area contributed by atoms with Gasteiger partial charge in [-0.2, -0.15) is 0 Å². The van der Waals surface area contributed by atoms with Gasteiger partial charge in [-0.05, 0) is 175 Å². The molecule has 0 heterocycles. The number of nitrogens with zero attached hydrogens (tertiary/aromatic N) is 2. The predicted molar refractivity (Wildman–Crippen MR) is 443 cm³/mol. The Morgan fingerprint density at radius 2 is 0.584 bits per heavy atom. The lowest BCUT2D eigenvalue weighted by Crippen LogP contribution is -2.19. The van der Waals surface area contributed by atoms with Crippen LogP contribution in [0, 0.1) is 0 Å². The molecule has 101 heavy (non-hydrogen) atoms. The third kappa shape index (κ3) is 16.2. The van der Waals surface area contributed by atoms with E-state index in [0.29, 0.717) is 16.3 Å². The van der Waals surface area contributed by atoms with Crippen LogP contribution in [0.25, 0.3) is 66.8 Å². The Balaban J connectivity index is 1.34. The normalized spacial score (nSPS) is 13.5. The molecule has 0 bridgehead atoms. The van der Waals surface area contributed by atoms with Crippen LogP contribution in [-0.2, 0) is 43.3 Å². The third-order valence-corrected chi connectivity index (χ3v) is 20.2. The molecule has 0 radical (unpaired) electrons. The van der Waals surface area contributed by atoms with Gasteiger partial charge in [0.25, 0.3) is 0 Å². The fraction of sp³-hybridized carbons (Fsp3) is 0.327. The van der Waals surface area contributed by atoms with E-state index in [1.165, 1.54) is 44.5 Å². The van der Waals surface area contributed by atoms with Gasteiger partial charge in [-0.25, -0.2) is 0 Å². The Hall–Kier alpha value is -8.69. The van der Waals surface area contributed by atoms with E-state index in [4.69, 9.17) is 15.7 Å². The lowest BCUT2D eigenvalue weighted by atomic mass is 9.76. The zero-order valence-electron chi connectivity index (χ0n) is 69.9. The van der Waals surface area contributed by atoms with Crippen LogP contribution >= 0.6 is 11.6 Å². The molecule has 0 atom stereocenters. The SMILES string of the molecule is [2H]c1c([2H])c([2H])c(-c2cccc(N(c3cc(Cl)cc(N(c4cccc(-c5cc(C(C)(C)C)cc(C(C)(C)C)c5)c4)c4c(-c5ccc(C(C)(C)C)cc5)cccc4-c4cc(C(C)(C)C)cc(C(C)(C)C)c4)c3)c3c(-c4ccc(C(C)(C)C)cc4)cccc3-c3ccc(C(C)(C)C)cc3C(C)(C)C)c2)c([2H])c1[2H]. The van der Waals surface area contributed by atoms with Gasteiger partial charge in [0, 0.05) is 50.0 Å². The molecular formula is C98H111ClN2. The van der Waals surface area contributed by atoms with Crippen LogP contribution in [0.5, 0.6) is 0 Å². The molecule has 11 rings (SSSR count). The molecule has 0 unspecified atom stereocenters. The van der Waals surface area contributed by atoms with Crippen molar-refractivity contribution in [1.29, 1.82) is 0 Å². The lowest BCUT2D eigenvalue weighted by Gasteiger charge is -2.35. The molecule has 11 aromatic rings.